The van der Waals surface area contributed by atoms with Crippen molar-refractivity contribution in [2.24, 2.45) is 0 Å². The number of phenolic OH excluding ortho intramolecular Hbond substituents is 1. The molecule has 17 heavy (non-hydrogen) atoms. The lowest BCUT2D eigenvalue weighted by atomic mass is 10.1. The molecule has 0 fully saturated rings. The SMILES string of the molecule is CN(C1=C(O)CC(=O)C=C1)c1ccc(O)cc1. The van der Waals surface area contributed by atoms with Gasteiger partial charge in [-0.05, 0) is 36.4 Å². The Morgan fingerprint density at radius 2 is 1.76 bits per heavy atom. The Morgan fingerprint density at radius 3 is 2.35 bits per heavy atom. The van der Waals surface area contributed by atoms with E-state index in [0.717, 1.165) is 5.69 Å². The highest BCUT2D eigenvalue weighted by Gasteiger charge is 2.16. The largest absolute Gasteiger partial charge is 0.510 e. The minimum atomic E-state index is -0.106. The number of benzene rings is 1. The molecule has 0 atom stereocenters. The number of ketones is 1. The van der Waals surface area contributed by atoms with Crippen molar-refractivity contribution < 1.29 is 15.0 Å². The van der Waals surface area contributed by atoms with Crippen LogP contribution in [0.15, 0.2) is 47.9 Å². The number of aromatic hydroxyl groups is 1. The number of aliphatic hydroxyl groups is 1. The Kier molecular flexibility index (Phi) is 2.87. The monoisotopic (exact) mass is 231 g/mol. The highest BCUT2D eigenvalue weighted by Crippen LogP contribution is 2.24. The van der Waals surface area contributed by atoms with Gasteiger partial charge in [-0.2, -0.15) is 0 Å². The molecule has 1 aromatic rings. The molecule has 0 heterocycles. The average molecular weight is 231 g/mol. The van der Waals surface area contributed by atoms with Crippen LogP contribution in [-0.4, -0.2) is 23.0 Å². The Bertz CT molecular complexity index is 500. The highest BCUT2D eigenvalue weighted by atomic mass is 16.3. The fraction of sp³-hybridized carbons (Fsp3) is 0.154. The Labute approximate surface area is 99.1 Å². The molecule has 88 valence electrons. The van der Waals surface area contributed by atoms with Gasteiger partial charge in [0.1, 0.15) is 11.5 Å². The van der Waals surface area contributed by atoms with Gasteiger partial charge in [0.25, 0.3) is 0 Å². The zero-order valence-electron chi connectivity index (χ0n) is 9.42. The number of phenols is 1. The van der Waals surface area contributed by atoms with Crippen LogP contribution in [0.2, 0.25) is 0 Å². The lowest BCUT2D eigenvalue weighted by Crippen LogP contribution is -2.20. The van der Waals surface area contributed by atoms with E-state index in [1.165, 1.54) is 6.08 Å². The number of carbonyl (C=O) groups is 1. The third-order valence-corrected chi connectivity index (χ3v) is 2.66. The quantitative estimate of drug-likeness (QED) is 0.818. The maximum Gasteiger partial charge on any atom is 0.163 e. The molecule has 0 aromatic heterocycles. The van der Waals surface area contributed by atoms with Crippen molar-refractivity contribution in [1.82, 2.24) is 0 Å². The maximum absolute atomic E-state index is 11.1. The van der Waals surface area contributed by atoms with Gasteiger partial charge in [-0.25, -0.2) is 0 Å². The first-order valence-corrected chi connectivity index (χ1v) is 5.23. The van der Waals surface area contributed by atoms with Gasteiger partial charge in [0.2, 0.25) is 0 Å². The first kappa shape index (κ1) is 11.3. The number of rotatable bonds is 2. The summed E-state index contributed by atoms with van der Waals surface area (Å²) in [5.41, 5.74) is 1.42. The molecule has 1 aromatic carbocycles. The van der Waals surface area contributed by atoms with Crippen LogP contribution >= 0.6 is 0 Å². The van der Waals surface area contributed by atoms with E-state index in [9.17, 15) is 15.0 Å². The van der Waals surface area contributed by atoms with Crippen molar-refractivity contribution >= 4 is 11.5 Å². The van der Waals surface area contributed by atoms with Gasteiger partial charge in [0, 0.05) is 12.7 Å². The summed E-state index contributed by atoms with van der Waals surface area (Å²) in [6, 6.07) is 6.61. The van der Waals surface area contributed by atoms with E-state index in [2.05, 4.69) is 0 Å². The van der Waals surface area contributed by atoms with Crippen LogP contribution in [0.3, 0.4) is 0 Å². The summed E-state index contributed by atoms with van der Waals surface area (Å²) in [5, 5.41) is 18.9. The second-order valence-corrected chi connectivity index (χ2v) is 3.88. The van der Waals surface area contributed by atoms with Gasteiger partial charge in [-0.15, -0.1) is 0 Å². The summed E-state index contributed by atoms with van der Waals surface area (Å²) in [4.78, 5) is 12.9. The third kappa shape index (κ3) is 2.30. The van der Waals surface area contributed by atoms with Crippen molar-refractivity contribution in [2.75, 3.05) is 11.9 Å². The van der Waals surface area contributed by atoms with Crippen molar-refractivity contribution in [3.63, 3.8) is 0 Å². The lowest BCUT2D eigenvalue weighted by molar-refractivity contribution is -0.114. The molecule has 0 bridgehead atoms. The zero-order chi connectivity index (χ0) is 12.4. The molecule has 2 N–H and O–H groups in total. The minimum absolute atomic E-state index is 0.0360. The zero-order valence-corrected chi connectivity index (χ0v) is 9.42. The highest BCUT2D eigenvalue weighted by molar-refractivity contribution is 5.93. The smallest absolute Gasteiger partial charge is 0.163 e. The second-order valence-electron chi connectivity index (χ2n) is 3.88. The van der Waals surface area contributed by atoms with E-state index >= 15 is 0 Å². The van der Waals surface area contributed by atoms with Gasteiger partial charge in [0.05, 0.1) is 12.1 Å². The van der Waals surface area contributed by atoms with E-state index in [1.807, 2.05) is 0 Å². The van der Waals surface area contributed by atoms with E-state index < -0.39 is 0 Å². The summed E-state index contributed by atoms with van der Waals surface area (Å²) in [7, 11) is 1.79. The van der Waals surface area contributed by atoms with Crippen LogP contribution in [0, 0.1) is 0 Å². The molecule has 0 amide bonds. The molecule has 2 rings (SSSR count). The topological polar surface area (TPSA) is 60.8 Å². The molecule has 1 aliphatic carbocycles. The molecule has 0 unspecified atom stereocenters. The van der Waals surface area contributed by atoms with Crippen molar-refractivity contribution in [1.29, 1.82) is 0 Å². The number of nitrogens with zero attached hydrogens (tertiary/aromatic N) is 1. The summed E-state index contributed by atoms with van der Waals surface area (Å²) in [5.74, 6) is 0.146. The summed E-state index contributed by atoms with van der Waals surface area (Å²) in [6.07, 6.45) is 3.08. The van der Waals surface area contributed by atoms with E-state index in [-0.39, 0.29) is 23.7 Å². The van der Waals surface area contributed by atoms with Crippen LogP contribution in [0.25, 0.3) is 0 Å². The molecule has 0 saturated carbocycles. The van der Waals surface area contributed by atoms with Crippen molar-refractivity contribution in [2.45, 2.75) is 6.42 Å². The second kappa shape index (κ2) is 4.33. The molecule has 0 aliphatic heterocycles. The molecule has 0 spiro atoms. The van der Waals surface area contributed by atoms with Gasteiger partial charge in [0.15, 0.2) is 5.78 Å². The molecule has 0 radical (unpaired) electrons. The molecule has 4 heteroatoms. The van der Waals surface area contributed by atoms with Crippen LogP contribution in [0.4, 0.5) is 5.69 Å². The first-order valence-electron chi connectivity index (χ1n) is 5.23. The Hall–Kier alpha value is -2.23. The third-order valence-electron chi connectivity index (χ3n) is 2.66. The molecule has 0 saturated heterocycles. The van der Waals surface area contributed by atoms with Gasteiger partial charge < -0.3 is 15.1 Å². The Morgan fingerprint density at radius 1 is 1.12 bits per heavy atom. The molecule has 4 nitrogen and oxygen atoms in total. The van der Waals surface area contributed by atoms with Gasteiger partial charge >= 0.3 is 0 Å². The lowest BCUT2D eigenvalue weighted by Gasteiger charge is -2.23. The maximum atomic E-state index is 11.1. The summed E-state index contributed by atoms with van der Waals surface area (Å²) >= 11 is 0. The van der Waals surface area contributed by atoms with Crippen molar-refractivity contribution in [3.05, 3.63) is 47.9 Å². The van der Waals surface area contributed by atoms with Crippen LogP contribution in [0.5, 0.6) is 5.75 Å². The van der Waals surface area contributed by atoms with Crippen LogP contribution in [-0.2, 0) is 4.79 Å². The number of carbonyl (C=O) groups excluding carboxylic acids is 1. The van der Waals surface area contributed by atoms with E-state index in [0.29, 0.717) is 5.70 Å². The predicted molar refractivity (Wildman–Crippen MR) is 64.9 cm³/mol. The van der Waals surface area contributed by atoms with E-state index in [4.69, 9.17) is 0 Å². The van der Waals surface area contributed by atoms with Gasteiger partial charge in [-0.3, -0.25) is 4.79 Å². The van der Waals surface area contributed by atoms with E-state index in [1.54, 1.807) is 42.3 Å². The number of allylic oxidation sites excluding steroid dienone is 3. The Balaban J connectivity index is 2.29. The standard InChI is InChI=1S/C13H13NO3/c1-14(9-2-4-10(15)5-3-9)12-7-6-11(16)8-13(12)17/h2-7,15,17H,8H2,1H3. The molecular formula is C13H13NO3. The number of hydrogen-bond donors (Lipinski definition) is 2. The first-order chi connectivity index (χ1) is 8.08. The fourth-order valence-corrected chi connectivity index (χ4v) is 1.70. The fourth-order valence-electron chi connectivity index (χ4n) is 1.70. The minimum Gasteiger partial charge on any atom is -0.510 e. The van der Waals surface area contributed by atoms with Crippen molar-refractivity contribution in [3.8, 4) is 5.75 Å². The van der Waals surface area contributed by atoms with Crippen LogP contribution < -0.4 is 4.90 Å². The number of aliphatic hydroxyl groups excluding tert-OH is 1. The number of likely N-dealkylation sites (N-methyl/N-ethyl adjacent to an activating group) is 1. The molecule has 1 aliphatic rings. The molecular weight excluding hydrogens is 218 g/mol. The average Bonchev–Trinajstić information content (AvgIpc) is 2.29. The predicted octanol–water partition coefficient (Wildman–Crippen LogP) is 2.13. The van der Waals surface area contributed by atoms with Crippen LogP contribution in [0.1, 0.15) is 6.42 Å². The van der Waals surface area contributed by atoms with Gasteiger partial charge in [-0.1, -0.05) is 0 Å². The normalized spacial score (nSPS) is 15.2. The number of anilines is 1. The number of hydrogen-bond acceptors (Lipinski definition) is 4. The summed E-state index contributed by atoms with van der Waals surface area (Å²) in [6.45, 7) is 0. The summed E-state index contributed by atoms with van der Waals surface area (Å²) < 4.78 is 0.